The first-order chi connectivity index (χ1) is 19.1. The van der Waals surface area contributed by atoms with E-state index in [1.54, 1.807) is 42.7 Å². The molecule has 1 aliphatic rings. The van der Waals surface area contributed by atoms with Gasteiger partial charge in [0, 0.05) is 55.9 Å². The van der Waals surface area contributed by atoms with Crippen LogP contribution in [-0.4, -0.2) is 55.2 Å². The fraction of sp³-hybridized carbons (Fsp3) is 0.286. The van der Waals surface area contributed by atoms with Crippen LogP contribution in [0, 0.1) is 6.92 Å². The molecule has 0 saturated carbocycles. The summed E-state index contributed by atoms with van der Waals surface area (Å²) < 4.78 is 45.8. The van der Waals surface area contributed by atoms with Crippen molar-refractivity contribution in [1.82, 2.24) is 9.88 Å². The Hall–Kier alpha value is -4.13. The average molecular weight is 556 g/mol. The first kappa shape index (κ1) is 28.9. The van der Waals surface area contributed by atoms with E-state index < -0.39 is 17.6 Å². The highest BCUT2D eigenvalue weighted by molar-refractivity contribution is 6.06. The minimum Gasteiger partial charge on any atom is -0.397 e. The minimum atomic E-state index is -4.57. The number of alkyl halides is 3. The molecular formula is C28H32F3N7O2. The summed E-state index contributed by atoms with van der Waals surface area (Å²) in [5, 5.41) is 7.08. The standard InChI is InChI=1S/C28H32F3N7O2/c1-19-4-5-20(15-26(19)38(33)18-23(32)21-3-2-8-34-17-21)27(39)36-25-16-22(28(29,30)31)6-7-24(25)35-9-10-37-11-13-40-14-12-37/h2-8,15-18,35H,9-14,32-33H2,1H3,(H,36,39)/b23-18-. The van der Waals surface area contributed by atoms with E-state index in [2.05, 4.69) is 20.5 Å². The number of aromatic nitrogens is 1. The number of pyridine rings is 1. The maximum atomic E-state index is 13.5. The van der Waals surface area contributed by atoms with Crippen molar-refractivity contribution in [3.05, 3.63) is 89.4 Å². The molecule has 0 spiro atoms. The summed E-state index contributed by atoms with van der Waals surface area (Å²) in [6, 6.07) is 11.6. The van der Waals surface area contributed by atoms with Crippen LogP contribution in [0.25, 0.3) is 5.70 Å². The number of nitrogens with one attached hydrogen (secondary N) is 2. The molecule has 9 nitrogen and oxygen atoms in total. The third-order valence-electron chi connectivity index (χ3n) is 6.46. The van der Waals surface area contributed by atoms with Crippen molar-refractivity contribution in [2.45, 2.75) is 13.1 Å². The maximum absolute atomic E-state index is 13.5. The van der Waals surface area contributed by atoms with Gasteiger partial charge < -0.3 is 21.1 Å². The van der Waals surface area contributed by atoms with E-state index in [-0.39, 0.29) is 11.3 Å². The molecule has 1 aromatic heterocycles. The van der Waals surface area contributed by atoms with E-state index in [0.717, 1.165) is 30.8 Å². The predicted octanol–water partition coefficient (Wildman–Crippen LogP) is 4.04. The van der Waals surface area contributed by atoms with Gasteiger partial charge in [-0.25, -0.2) is 5.84 Å². The Balaban J connectivity index is 1.53. The van der Waals surface area contributed by atoms with Crippen molar-refractivity contribution in [3.63, 3.8) is 0 Å². The molecule has 0 bridgehead atoms. The topological polar surface area (TPSA) is 122 Å². The van der Waals surface area contributed by atoms with Gasteiger partial charge in [-0.05, 0) is 55.0 Å². The Labute approximate surface area is 230 Å². The molecule has 1 fully saturated rings. The number of hydrazine groups is 1. The number of morpholine rings is 1. The second kappa shape index (κ2) is 12.8. The number of ether oxygens (including phenoxy) is 1. The molecule has 40 heavy (non-hydrogen) atoms. The van der Waals surface area contributed by atoms with Crippen molar-refractivity contribution in [2.75, 3.05) is 55.0 Å². The first-order valence-electron chi connectivity index (χ1n) is 12.7. The van der Waals surface area contributed by atoms with Gasteiger partial charge in [-0.15, -0.1) is 0 Å². The van der Waals surface area contributed by atoms with E-state index in [1.807, 2.05) is 6.92 Å². The van der Waals surface area contributed by atoms with Gasteiger partial charge in [0.1, 0.15) is 0 Å². The summed E-state index contributed by atoms with van der Waals surface area (Å²) in [4.78, 5) is 19.5. The van der Waals surface area contributed by atoms with Gasteiger partial charge in [-0.2, -0.15) is 13.2 Å². The molecule has 212 valence electrons. The summed E-state index contributed by atoms with van der Waals surface area (Å²) >= 11 is 0. The van der Waals surface area contributed by atoms with Gasteiger partial charge in [0.25, 0.3) is 5.91 Å². The van der Waals surface area contributed by atoms with Crippen LogP contribution >= 0.6 is 0 Å². The van der Waals surface area contributed by atoms with Crippen LogP contribution < -0.4 is 27.2 Å². The van der Waals surface area contributed by atoms with Crippen LogP contribution in [0.15, 0.2) is 67.1 Å². The van der Waals surface area contributed by atoms with Gasteiger partial charge in [0.2, 0.25) is 0 Å². The lowest BCUT2D eigenvalue weighted by molar-refractivity contribution is -0.137. The third kappa shape index (κ3) is 7.50. The monoisotopic (exact) mass is 555 g/mol. The first-order valence-corrected chi connectivity index (χ1v) is 12.7. The molecule has 4 rings (SSSR count). The Morgan fingerprint density at radius 3 is 2.60 bits per heavy atom. The van der Waals surface area contributed by atoms with E-state index >= 15 is 0 Å². The number of nitrogens with two attached hydrogens (primary N) is 2. The van der Waals surface area contributed by atoms with Crippen molar-refractivity contribution in [1.29, 1.82) is 0 Å². The van der Waals surface area contributed by atoms with E-state index in [0.29, 0.717) is 48.9 Å². The van der Waals surface area contributed by atoms with Crippen LogP contribution in [-0.2, 0) is 10.9 Å². The lowest BCUT2D eigenvalue weighted by Crippen LogP contribution is -2.39. The number of anilines is 3. The number of nitrogens with zero attached hydrogens (tertiary/aromatic N) is 3. The molecule has 1 aliphatic heterocycles. The zero-order valence-electron chi connectivity index (χ0n) is 22.0. The zero-order chi connectivity index (χ0) is 28.7. The molecule has 2 heterocycles. The van der Waals surface area contributed by atoms with Crippen LogP contribution in [0.5, 0.6) is 0 Å². The van der Waals surface area contributed by atoms with Crippen LogP contribution in [0.4, 0.5) is 30.2 Å². The van der Waals surface area contributed by atoms with Gasteiger partial charge in [0.15, 0.2) is 0 Å². The highest BCUT2D eigenvalue weighted by Gasteiger charge is 2.31. The molecule has 1 saturated heterocycles. The van der Waals surface area contributed by atoms with Gasteiger partial charge in [-0.1, -0.05) is 6.07 Å². The zero-order valence-corrected chi connectivity index (χ0v) is 22.0. The van der Waals surface area contributed by atoms with Crippen LogP contribution in [0.2, 0.25) is 0 Å². The Kier molecular flexibility index (Phi) is 9.25. The van der Waals surface area contributed by atoms with Gasteiger partial charge in [-0.3, -0.25) is 19.7 Å². The molecular weight excluding hydrogens is 523 g/mol. The molecule has 0 radical (unpaired) electrons. The number of benzene rings is 2. The summed E-state index contributed by atoms with van der Waals surface area (Å²) in [5.74, 6) is 5.65. The maximum Gasteiger partial charge on any atom is 0.416 e. The lowest BCUT2D eigenvalue weighted by atomic mass is 10.1. The fourth-order valence-corrected chi connectivity index (χ4v) is 4.20. The Morgan fingerprint density at radius 1 is 1.12 bits per heavy atom. The summed E-state index contributed by atoms with van der Waals surface area (Å²) in [6.45, 7) is 5.84. The van der Waals surface area contributed by atoms with Crippen molar-refractivity contribution in [3.8, 4) is 0 Å². The summed E-state index contributed by atoms with van der Waals surface area (Å²) in [7, 11) is 0. The number of hydrogen-bond acceptors (Lipinski definition) is 8. The fourth-order valence-electron chi connectivity index (χ4n) is 4.20. The number of hydrogen-bond donors (Lipinski definition) is 4. The molecule has 3 aromatic rings. The van der Waals surface area contributed by atoms with Crippen LogP contribution in [0.3, 0.4) is 0 Å². The smallest absolute Gasteiger partial charge is 0.397 e. The number of aryl methyl sites for hydroxylation is 1. The number of carbonyl (C=O) groups excluding carboxylic acids is 1. The SMILES string of the molecule is Cc1ccc(C(=O)Nc2cc(C(F)(F)F)ccc2NCCN2CCOCC2)cc1N(N)/C=C(\N)c1cccnc1. The molecule has 0 unspecified atom stereocenters. The van der Waals surface area contributed by atoms with E-state index in [1.165, 1.54) is 17.3 Å². The third-order valence-corrected chi connectivity index (χ3v) is 6.46. The number of halogens is 3. The number of carbonyl (C=O) groups is 1. The predicted molar refractivity (Wildman–Crippen MR) is 149 cm³/mol. The number of rotatable bonds is 9. The summed E-state index contributed by atoms with van der Waals surface area (Å²) in [5.41, 5.74) is 8.19. The van der Waals surface area contributed by atoms with Gasteiger partial charge in [0.05, 0.1) is 41.5 Å². The van der Waals surface area contributed by atoms with Crippen molar-refractivity contribution in [2.24, 2.45) is 11.6 Å². The molecule has 0 atom stereocenters. The molecule has 6 N–H and O–H groups in total. The highest BCUT2D eigenvalue weighted by Crippen LogP contribution is 2.34. The quantitative estimate of drug-likeness (QED) is 0.231. The largest absolute Gasteiger partial charge is 0.416 e. The minimum absolute atomic E-state index is 0.0225. The Bertz CT molecular complexity index is 1340. The summed E-state index contributed by atoms with van der Waals surface area (Å²) in [6.07, 6.45) is 0.157. The molecule has 1 amide bonds. The second-order valence-corrected chi connectivity index (χ2v) is 9.33. The van der Waals surface area contributed by atoms with E-state index in [9.17, 15) is 18.0 Å². The van der Waals surface area contributed by atoms with E-state index in [4.69, 9.17) is 16.3 Å². The van der Waals surface area contributed by atoms with Crippen LogP contribution in [0.1, 0.15) is 27.0 Å². The molecule has 12 heteroatoms. The second-order valence-electron chi connectivity index (χ2n) is 9.33. The normalized spacial score (nSPS) is 14.6. The average Bonchev–Trinajstić information content (AvgIpc) is 2.94. The lowest BCUT2D eigenvalue weighted by Gasteiger charge is -2.27. The molecule has 2 aromatic carbocycles. The van der Waals surface area contributed by atoms with Crippen molar-refractivity contribution < 1.29 is 22.7 Å². The molecule has 0 aliphatic carbocycles. The van der Waals surface area contributed by atoms with Gasteiger partial charge >= 0.3 is 6.18 Å². The number of amides is 1. The Morgan fingerprint density at radius 2 is 1.90 bits per heavy atom. The van der Waals surface area contributed by atoms with Crippen molar-refractivity contribution >= 4 is 28.7 Å². The highest BCUT2D eigenvalue weighted by atomic mass is 19.4.